The SMILES string of the molecule is CCN(CC)C(C)(C)C(N)C1CC(C)CC(C)C1. The van der Waals surface area contributed by atoms with Crippen LogP contribution in [0.3, 0.4) is 0 Å². The van der Waals surface area contributed by atoms with Crippen LogP contribution in [0.1, 0.15) is 60.8 Å². The predicted octanol–water partition coefficient (Wildman–Crippen LogP) is 3.51. The van der Waals surface area contributed by atoms with Gasteiger partial charge in [0.05, 0.1) is 0 Å². The van der Waals surface area contributed by atoms with E-state index in [0.29, 0.717) is 12.0 Å². The fourth-order valence-corrected chi connectivity index (χ4v) is 4.13. The zero-order valence-corrected chi connectivity index (χ0v) is 13.4. The summed E-state index contributed by atoms with van der Waals surface area (Å²) < 4.78 is 0. The average molecular weight is 254 g/mol. The van der Waals surface area contributed by atoms with Gasteiger partial charge in [-0.2, -0.15) is 0 Å². The second kappa shape index (κ2) is 6.38. The molecule has 0 aromatic carbocycles. The second-order valence-corrected chi connectivity index (χ2v) is 7.03. The summed E-state index contributed by atoms with van der Waals surface area (Å²) in [7, 11) is 0. The molecule has 0 radical (unpaired) electrons. The van der Waals surface area contributed by atoms with Gasteiger partial charge in [0.1, 0.15) is 0 Å². The lowest BCUT2D eigenvalue weighted by Crippen LogP contribution is -2.59. The van der Waals surface area contributed by atoms with Crippen molar-refractivity contribution in [2.45, 2.75) is 72.4 Å². The van der Waals surface area contributed by atoms with E-state index in [0.717, 1.165) is 24.9 Å². The highest BCUT2D eigenvalue weighted by Crippen LogP contribution is 2.37. The summed E-state index contributed by atoms with van der Waals surface area (Å²) in [5.74, 6) is 2.38. The summed E-state index contributed by atoms with van der Waals surface area (Å²) in [6.07, 6.45) is 4.02. The molecule has 1 aliphatic rings. The Morgan fingerprint density at radius 1 is 1.06 bits per heavy atom. The molecule has 2 N–H and O–H groups in total. The van der Waals surface area contributed by atoms with Crippen molar-refractivity contribution in [3.63, 3.8) is 0 Å². The van der Waals surface area contributed by atoms with E-state index in [1.807, 2.05) is 0 Å². The first-order valence-corrected chi connectivity index (χ1v) is 7.83. The van der Waals surface area contributed by atoms with Crippen molar-refractivity contribution in [3.8, 4) is 0 Å². The topological polar surface area (TPSA) is 29.3 Å². The molecule has 3 unspecified atom stereocenters. The maximum Gasteiger partial charge on any atom is 0.0306 e. The maximum absolute atomic E-state index is 6.66. The fraction of sp³-hybridized carbons (Fsp3) is 1.00. The van der Waals surface area contributed by atoms with Crippen molar-refractivity contribution in [1.82, 2.24) is 4.90 Å². The van der Waals surface area contributed by atoms with Crippen LogP contribution < -0.4 is 5.73 Å². The Hall–Kier alpha value is -0.0800. The Labute approximate surface area is 114 Å². The van der Waals surface area contributed by atoms with E-state index < -0.39 is 0 Å². The Morgan fingerprint density at radius 2 is 1.50 bits per heavy atom. The highest BCUT2D eigenvalue weighted by molar-refractivity contribution is 4.96. The molecule has 18 heavy (non-hydrogen) atoms. The summed E-state index contributed by atoms with van der Waals surface area (Å²) >= 11 is 0. The molecular formula is C16H34N2. The van der Waals surface area contributed by atoms with E-state index >= 15 is 0 Å². The van der Waals surface area contributed by atoms with E-state index in [-0.39, 0.29) is 5.54 Å². The number of hydrogen-bond acceptors (Lipinski definition) is 2. The van der Waals surface area contributed by atoms with Crippen molar-refractivity contribution in [1.29, 1.82) is 0 Å². The molecule has 0 aromatic rings. The second-order valence-electron chi connectivity index (χ2n) is 7.03. The normalized spacial score (nSPS) is 31.7. The van der Waals surface area contributed by atoms with Crippen LogP contribution in [0.4, 0.5) is 0 Å². The molecule has 0 amide bonds. The van der Waals surface area contributed by atoms with Gasteiger partial charge in [-0.05, 0) is 64.0 Å². The lowest BCUT2D eigenvalue weighted by atomic mass is 9.70. The lowest BCUT2D eigenvalue weighted by Gasteiger charge is -2.47. The van der Waals surface area contributed by atoms with Crippen molar-refractivity contribution in [2.75, 3.05) is 13.1 Å². The third-order valence-corrected chi connectivity index (χ3v) is 5.12. The molecule has 0 aliphatic heterocycles. The molecule has 0 bridgehead atoms. The predicted molar refractivity (Wildman–Crippen MR) is 80.6 cm³/mol. The molecule has 0 aromatic heterocycles. The number of hydrogen-bond donors (Lipinski definition) is 1. The van der Waals surface area contributed by atoms with E-state index in [4.69, 9.17) is 5.73 Å². The molecule has 108 valence electrons. The third-order valence-electron chi connectivity index (χ3n) is 5.12. The first-order valence-electron chi connectivity index (χ1n) is 7.83. The molecular weight excluding hydrogens is 220 g/mol. The quantitative estimate of drug-likeness (QED) is 0.813. The van der Waals surface area contributed by atoms with Crippen LogP contribution in [-0.4, -0.2) is 29.6 Å². The van der Waals surface area contributed by atoms with Gasteiger partial charge >= 0.3 is 0 Å². The number of nitrogens with zero attached hydrogens (tertiary/aromatic N) is 1. The van der Waals surface area contributed by atoms with Crippen LogP contribution in [0.2, 0.25) is 0 Å². The molecule has 0 saturated heterocycles. The lowest BCUT2D eigenvalue weighted by molar-refractivity contribution is 0.0576. The molecule has 2 heteroatoms. The molecule has 0 spiro atoms. The molecule has 1 rings (SSSR count). The molecule has 3 atom stereocenters. The van der Waals surface area contributed by atoms with Gasteiger partial charge < -0.3 is 5.73 Å². The van der Waals surface area contributed by atoms with E-state index in [1.165, 1.54) is 19.3 Å². The molecule has 1 aliphatic carbocycles. The molecule has 1 fully saturated rings. The van der Waals surface area contributed by atoms with Gasteiger partial charge in [0.2, 0.25) is 0 Å². The van der Waals surface area contributed by atoms with Gasteiger partial charge in [0.15, 0.2) is 0 Å². The summed E-state index contributed by atoms with van der Waals surface area (Å²) in [5.41, 5.74) is 6.78. The van der Waals surface area contributed by atoms with Crippen LogP contribution in [0.5, 0.6) is 0 Å². The van der Waals surface area contributed by atoms with Crippen molar-refractivity contribution >= 4 is 0 Å². The van der Waals surface area contributed by atoms with Crippen LogP contribution in [0.25, 0.3) is 0 Å². The van der Waals surface area contributed by atoms with Gasteiger partial charge in [-0.3, -0.25) is 4.90 Å². The summed E-state index contributed by atoms with van der Waals surface area (Å²) in [6.45, 7) is 16.1. The van der Waals surface area contributed by atoms with E-state index in [1.54, 1.807) is 0 Å². The highest BCUT2D eigenvalue weighted by atomic mass is 15.2. The number of rotatable bonds is 5. The smallest absolute Gasteiger partial charge is 0.0306 e. The highest BCUT2D eigenvalue weighted by Gasteiger charge is 2.39. The van der Waals surface area contributed by atoms with Crippen molar-refractivity contribution in [3.05, 3.63) is 0 Å². The Balaban J connectivity index is 2.75. The van der Waals surface area contributed by atoms with E-state index in [2.05, 4.69) is 46.4 Å². The van der Waals surface area contributed by atoms with Gasteiger partial charge in [0, 0.05) is 11.6 Å². The van der Waals surface area contributed by atoms with Crippen LogP contribution in [0.15, 0.2) is 0 Å². The Morgan fingerprint density at radius 3 is 1.89 bits per heavy atom. The van der Waals surface area contributed by atoms with E-state index in [9.17, 15) is 0 Å². The number of likely N-dealkylation sites (N-methyl/N-ethyl adjacent to an activating group) is 1. The molecule has 0 heterocycles. The maximum atomic E-state index is 6.66. The number of nitrogens with two attached hydrogens (primary N) is 1. The summed E-state index contributed by atoms with van der Waals surface area (Å²) in [6, 6.07) is 0.294. The van der Waals surface area contributed by atoms with Crippen LogP contribution >= 0.6 is 0 Å². The van der Waals surface area contributed by atoms with Crippen LogP contribution in [-0.2, 0) is 0 Å². The van der Waals surface area contributed by atoms with Crippen LogP contribution in [0, 0.1) is 17.8 Å². The molecule has 1 saturated carbocycles. The fourth-order valence-electron chi connectivity index (χ4n) is 4.13. The zero-order valence-electron chi connectivity index (χ0n) is 13.4. The Bertz CT molecular complexity index is 235. The first-order chi connectivity index (χ1) is 8.32. The van der Waals surface area contributed by atoms with Gasteiger partial charge in [-0.25, -0.2) is 0 Å². The average Bonchev–Trinajstić information content (AvgIpc) is 2.27. The van der Waals surface area contributed by atoms with Gasteiger partial charge in [-0.15, -0.1) is 0 Å². The zero-order chi connectivity index (χ0) is 13.9. The minimum Gasteiger partial charge on any atom is -0.326 e. The molecule has 2 nitrogen and oxygen atoms in total. The summed E-state index contributed by atoms with van der Waals surface area (Å²) in [4.78, 5) is 2.52. The monoisotopic (exact) mass is 254 g/mol. The first kappa shape index (κ1) is 16.0. The van der Waals surface area contributed by atoms with Crippen molar-refractivity contribution in [2.24, 2.45) is 23.5 Å². The minimum atomic E-state index is 0.116. The van der Waals surface area contributed by atoms with Crippen molar-refractivity contribution < 1.29 is 0 Å². The minimum absolute atomic E-state index is 0.116. The standard InChI is InChI=1S/C16H34N2/c1-7-18(8-2)16(5,6)15(17)14-10-12(3)9-13(4)11-14/h12-15H,7-11,17H2,1-6H3. The summed E-state index contributed by atoms with van der Waals surface area (Å²) in [5, 5.41) is 0. The largest absolute Gasteiger partial charge is 0.326 e. The van der Waals surface area contributed by atoms with Gasteiger partial charge in [0.25, 0.3) is 0 Å². The van der Waals surface area contributed by atoms with Gasteiger partial charge in [-0.1, -0.05) is 27.7 Å². The third kappa shape index (κ3) is 3.48. The Kier molecular flexibility index (Phi) is 5.67.